The number of aromatic nitrogens is 1. The van der Waals surface area contributed by atoms with Crippen LogP contribution in [-0.4, -0.2) is 38.2 Å². The molecule has 2 aromatic rings. The fourth-order valence-electron chi connectivity index (χ4n) is 3.63. The standard InChI is InChI=1S/C16H21F3N2.C13H20F2N2/c1-3-10-21-11-6-7-13(12-20-2)14-8-4-5-9-15(14)16(17,18)19;1-4-9-17(10-5-2)12-8-6-7-11(16-12)13(3,14)15/h4-9,12,20-21H,3,10-11H2,1-2H3;6-8H,4-5,9-10H2,1-3H3/b7-6-,13-12+;. The highest BCUT2D eigenvalue weighted by Crippen LogP contribution is 2.35. The van der Waals surface area contributed by atoms with Gasteiger partial charge in [0.2, 0.25) is 0 Å². The molecule has 0 unspecified atom stereocenters. The van der Waals surface area contributed by atoms with Gasteiger partial charge < -0.3 is 15.5 Å². The Bertz CT molecular complexity index is 991. The number of pyridine rings is 1. The van der Waals surface area contributed by atoms with Crippen LogP contribution in [0.2, 0.25) is 0 Å². The molecule has 1 aromatic carbocycles. The fourth-order valence-corrected chi connectivity index (χ4v) is 3.63. The van der Waals surface area contributed by atoms with Crippen molar-refractivity contribution in [1.82, 2.24) is 15.6 Å². The molecule has 0 atom stereocenters. The smallest absolute Gasteiger partial charge is 0.393 e. The maximum atomic E-state index is 13.2. The quantitative estimate of drug-likeness (QED) is 0.156. The van der Waals surface area contributed by atoms with Gasteiger partial charge in [-0.25, -0.2) is 4.98 Å². The average Bonchev–Trinajstić information content (AvgIpc) is 2.87. The van der Waals surface area contributed by atoms with E-state index in [0.717, 1.165) is 51.9 Å². The molecule has 0 saturated heterocycles. The van der Waals surface area contributed by atoms with E-state index in [0.29, 0.717) is 17.9 Å². The van der Waals surface area contributed by atoms with Gasteiger partial charge in [0.25, 0.3) is 5.92 Å². The molecule has 2 rings (SSSR count). The molecule has 0 aliphatic carbocycles. The maximum absolute atomic E-state index is 13.2. The lowest BCUT2D eigenvalue weighted by atomic mass is 9.99. The number of benzene rings is 1. The van der Waals surface area contributed by atoms with Crippen molar-refractivity contribution in [3.63, 3.8) is 0 Å². The Morgan fingerprint density at radius 1 is 0.921 bits per heavy atom. The molecule has 0 aliphatic rings. The van der Waals surface area contributed by atoms with Crippen molar-refractivity contribution in [2.75, 3.05) is 38.1 Å². The molecule has 0 bridgehead atoms. The monoisotopic (exact) mass is 540 g/mol. The van der Waals surface area contributed by atoms with Crippen LogP contribution in [0.15, 0.2) is 60.8 Å². The lowest BCUT2D eigenvalue weighted by Gasteiger charge is -2.23. The Morgan fingerprint density at radius 2 is 1.58 bits per heavy atom. The van der Waals surface area contributed by atoms with Crippen LogP contribution in [0, 0.1) is 0 Å². The molecule has 0 spiro atoms. The second-order valence-electron chi connectivity index (χ2n) is 8.79. The summed E-state index contributed by atoms with van der Waals surface area (Å²) in [5, 5.41) is 5.97. The highest BCUT2D eigenvalue weighted by Gasteiger charge is 2.33. The molecule has 0 aliphatic heterocycles. The third-order valence-corrected chi connectivity index (χ3v) is 5.32. The molecule has 0 fully saturated rings. The van der Waals surface area contributed by atoms with Gasteiger partial charge >= 0.3 is 6.18 Å². The highest BCUT2D eigenvalue weighted by molar-refractivity contribution is 5.76. The molecule has 9 heteroatoms. The van der Waals surface area contributed by atoms with Gasteiger partial charge in [-0.05, 0) is 55.1 Å². The summed E-state index contributed by atoms with van der Waals surface area (Å²) in [6, 6.07) is 10.4. The van der Waals surface area contributed by atoms with Crippen LogP contribution in [0.4, 0.5) is 27.8 Å². The third-order valence-electron chi connectivity index (χ3n) is 5.32. The predicted octanol–water partition coefficient (Wildman–Crippen LogP) is 7.64. The minimum absolute atomic E-state index is 0.160. The van der Waals surface area contributed by atoms with Crippen molar-refractivity contribution in [2.45, 2.75) is 59.1 Å². The molecule has 1 heterocycles. The van der Waals surface area contributed by atoms with Gasteiger partial charge in [-0.2, -0.15) is 22.0 Å². The van der Waals surface area contributed by atoms with Crippen LogP contribution in [0.5, 0.6) is 0 Å². The van der Waals surface area contributed by atoms with Crippen molar-refractivity contribution in [1.29, 1.82) is 0 Å². The minimum Gasteiger partial charge on any atom is -0.393 e. The third kappa shape index (κ3) is 11.6. The van der Waals surface area contributed by atoms with E-state index in [2.05, 4.69) is 41.3 Å². The number of hydrogen-bond donors (Lipinski definition) is 2. The van der Waals surface area contributed by atoms with Crippen LogP contribution in [0.1, 0.15) is 63.8 Å². The number of rotatable bonds is 13. The van der Waals surface area contributed by atoms with Gasteiger partial charge in [-0.1, -0.05) is 57.2 Å². The first kappa shape index (κ1) is 33.1. The summed E-state index contributed by atoms with van der Waals surface area (Å²) in [5.74, 6) is -2.23. The second-order valence-corrected chi connectivity index (χ2v) is 8.79. The van der Waals surface area contributed by atoms with E-state index < -0.39 is 17.7 Å². The summed E-state index contributed by atoms with van der Waals surface area (Å²) >= 11 is 0. The summed E-state index contributed by atoms with van der Waals surface area (Å²) in [6.07, 6.45) is 3.71. The largest absolute Gasteiger partial charge is 0.417 e. The predicted molar refractivity (Wildman–Crippen MR) is 147 cm³/mol. The lowest BCUT2D eigenvalue weighted by Crippen LogP contribution is -2.26. The van der Waals surface area contributed by atoms with Gasteiger partial charge in [0.1, 0.15) is 11.5 Å². The van der Waals surface area contributed by atoms with E-state index in [4.69, 9.17) is 0 Å². The first-order valence-electron chi connectivity index (χ1n) is 13.0. The Kier molecular flexibility index (Phi) is 14.6. The molecule has 4 nitrogen and oxygen atoms in total. The molecule has 0 amide bonds. The maximum Gasteiger partial charge on any atom is 0.417 e. The first-order chi connectivity index (χ1) is 18.0. The van der Waals surface area contributed by atoms with Gasteiger partial charge in [-0.3, -0.25) is 0 Å². The van der Waals surface area contributed by atoms with Crippen LogP contribution in [-0.2, 0) is 12.1 Å². The number of halogens is 5. The van der Waals surface area contributed by atoms with E-state index in [-0.39, 0.29) is 11.3 Å². The molecule has 1 aromatic heterocycles. The van der Waals surface area contributed by atoms with E-state index in [1.807, 2.05) is 6.08 Å². The number of nitrogens with zero attached hydrogens (tertiary/aromatic N) is 2. The molecular formula is C29H41F5N4. The molecular weight excluding hydrogens is 499 g/mol. The Balaban J connectivity index is 0.000000389. The zero-order chi connectivity index (χ0) is 28.6. The van der Waals surface area contributed by atoms with Crippen LogP contribution in [0.25, 0.3) is 5.57 Å². The molecule has 212 valence electrons. The van der Waals surface area contributed by atoms with Crippen LogP contribution in [0.3, 0.4) is 0 Å². The molecule has 0 saturated carbocycles. The normalized spacial score (nSPS) is 12.3. The SMILES string of the molecule is CCCN(CCC)c1cccc(C(C)(F)F)n1.CCCNC/C=C\C(=C/NC)c1ccccc1C(F)(F)F. The van der Waals surface area contributed by atoms with E-state index in [9.17, 15) is 22.0 Å². The van der Waals surface area contributed by atoms with Gasteiger partial charge in [0, 0.05) is 39.8 Å². The number of anilines is 1. The molecule has 0 radical (unpaired) electrons. The fraction of sp³-hybridized carbons (Fsp3) is 0.483. The average molecular weight is 541 g/mol. The Morgan fingerprint density at radius 3 is 2.13 bits per heavy atom. The van der Waals surface area contributed by atoms with E-state index in [1.165, 1.54) is 18.2 Å². The number of hydrogen-bond acceptors (Lipinski definition) is 4. The summed E-state index contributed by atoms with van der Waals surface area (Å²) in [4.78, 5) is 6.11. The molecule has 38 heavy (non-hydrogen) atoms. The zero-order valence-corrected chi connectivity index (χ0v) is 23.0. The number of alkyl halides is 5. The van der Waals surface area contributed by atoms with E-state index >= 15 is 0 Å². The summed E-state index contributed by atoms with van der Waals surface area (Å²) in [7, 11) is 1.67. The number of nitrogens with one attached hydrogen (secondary N) is 2. The topological polar surface area (TPSA) is 40.2 Å². The summed E-state index contributed by atoms with van der Waals surface area (Å²) < 4.78 is 65.5. The Labute approximate surface area is 224 Å². The Hall–Kier alpha value is -2.94. The molecule has 2 N–H and O–H groups in total. The van der Waals surface area contributed by atoms with Crippen molar-refractivity contribution < 1.29 is 22.0 Å². The second kappa shape index (κ2) is 16.8. The lowest BCUT2D eigenvalue weighted by molar-refractivity contribution is -0.137. The number of allylic oxidation sites excluding steroid dienone is 2. The van der Waals surface area contributed by atoms with Crippen LogP contribution < -0.4 is 15.5 Å². The van der Waals surface area contributed by atoms with Crippen molar-refractivity contribution in [3.8, 4) is 0 Å². The van der Waals surface area contributed by atoms with Gasteiger partial charge in [0.05, 0.1) is 5.56 Å². The summed E-state index contributed by atoms with van der Waals surface area (Å²) in [6.45, 7) is 10.3. The van der Waals surface area contributed by atoms with Gasteiger partial charge in [-0.15, -0.1) is 0 Å². The van der Waals surface area contributed by atoms with Crippen molar-refractivity contribution >= 4 is 11.4 Å². The van der Waals surface area contributed by atoms with Crippen molar-refractivity contribution in [3.05, 3.63) is 77.6 Å². The first-order valence-corrected chi connectivity index (χ1v) is 13.0. The zero-order valence-electron chi connectivity index (χ0n) is 23.0. The minimum atomic E-state index is -4.36. The van der Waals surface area contributed by atoms with Crippen LogP contribution >= 0.6 is 0 Å². The summed E-state index contributed by atoms with van der Waals surface area (Å²) in [5.41, 5.74) is -0.111. The highest BCUT2D eigenvalue weighted by atomic mass is 19.4. The van der Waals surface area contributed by atoms with Gasteiger partial charge in [0.15, 0.2) is 0 Å². The van der Waals surface area contributed by atoms with Crippen molar-refractivity contribution in [2.24, 2.45) is 0 Å². The van der Waals surface area contributed by atoms with E-state index in [1.54, 1.807) is 37.5 Å².